The van der Waals surface area contributed by atoms with Crippen LogP contribution < -0.4 is 5.32 Å². The molecule has 1 aliphatic rings. The van der Waals surface area contributed by atoms with Gasteiger partial charge in [-0.2, -0.15) is 5.10 Å². The van der Waals surface area contributed by atoms with Crippen molar-refractivity contribution in [2.24, 2.45) is 7.05 Å². The number of carbonyl (C=O) groups is 1. The summed E-state index contributed by atoms with van der Waals surface area (Å²) in [5.41, 5.74) is 1.14. The second-order valence-electron chi connectivity index (χ2n) is 4.85. The summed E-state index contributed by atoms with van der Waals surface area (Å²) < 4.78 is 7.32. The Bertz CT molecular complexity index is 419. The minimum Gasteiger partial charge on any atom is -0.375 e. The van der Waals surface area contributed by atoms with Crippen molar-refractivity contribution in [3.05, 3.63) is 18.0 Å². The molecule has 6 nitrogen and oxygen atoms in total. The predicted molar refractivity (Wildman–Crippen MR) is 71.9 cm³/mol. The summed E-state index contributed by atoms with van der Waals surface area (Å²) >= 11 is 0. The van der Waals surface area contributed by atoms with Gasteiger partial charge in [-0.15, -0.1) is 0 Å². The van der Waals surface area contributed by atoms with Crippen LogP contribution in [-0.4, -0.2) is 53.1 Å². The Morgan fingerprint density at radius 1 is 1.63 bits per heavy atom. The van der Waals surface area contributed by atoms with E-state index in [4.69, 9.17) is 4.74 Å². The van der Waals surface area contributed by atoms with Crippen LogP contribution in [0.5, 0.6) is 0 Å². The highest BCUT2D eigenvalue weighted by molar-refractivity contribution is 5.74. The molecule has 6 heteroatoms. The van der Waals surface area contributed by atoms with Gasteiger partial charge < -0.3 is 15.0 Å². The van der Waals surface area contributed by atoms with Crippen LogP contribution in [0.2, 0.25) is 0 Å². The van der Waals surface area contributed by atoms with E-state index in [1.165, 1.54) is 0 Å². The van der Waals surface area contributed by atoms with Crippen molar-refractivity contribution in [1.29, 1.82) is 0 Å². The van der Waals surface area contributed by atoms with Gasteiger partial charge in [-0.05, 0) is 18.4 Å². The molecule has 0 bridgehead atoms. The maximum Gasteiger partial charge on any atom is 0.317 e. The molecule has 1 aromatic rings. The van der Waals surface area contributed by atoms with Crippen molar-refractivity contribution in [2.75, 3.05) is 26.2 Å². The summed E-state index contributed by atoms with van der Waals surface area (Å²) in [4.78, 5) is 13.8. The lowest BCUT2D eigenvalue weighted by Gasteiger charge is -2.32. The summed E-state index contributed by atoms with van der Waals surface area (Å²) in [6.07, 6.45) is 5.72. The van der Waals surface area contributed by atoms with Crippen LogP contribution in [0.1, 0.15) is 18.9 Å². The van der Waals surface area contributed by atoms with Crippen LogP contribution in [0.25, 0.3) is 0 Å². The molecule has 0 radical (unpaired) electrons. The fraction of sp³-hybridized carbons (Fsp3) is 0.692. The van der Waals surface area contributed by atoms with E-state index in [0.717, 1.165) is 18.4 Å². The second kappa shape index (κ2) is 6.56. The van der Waals surface area contributed by atoms with Crippen LogP contribution in [-0.2, 0) is 18.2 Å². The topological polar surface area (TPSA) is 59.4 Å². The summed E-state index contributed by atoms with van der Waals surface area (Å²) in [5, 5.41) is 7.05. The molecule has 1 fully saturated rings. The number of ether oxygens (including phenoxy) is 1. The molecule has 0 aromatic carbocycles. The van der Waals surface area contributed by atoms with Gasteiger partial charge in [0.15, 0.2) is 0 Å². The summed E-state index contributed by atoms with van der Waals surface area (Å²) in [6, 6.07) is 0.00522. The third-order valence-corrected chi connectivity index (χ3v) is 3.33. The number of aromatic nitrogens is 2. The van der Waals surface area contributed by atoms with Crippen LogP contribution >= 0.6 is 0 Å². The fourth-order valence-electron chi connectivity index (χ4n) is 2.18. The second-order valence-corrected chi connectivity index (χ2v) is 4.85. The number of amides is 2. The van der Waals surface area contributed by atoms with Crippen LogP contribution in [0.4, 0.5) is 4.79 Å². The van der Waals surface area contributed by atoms with Gasteiger partial charge in [0.1, 0.15) is 0 Å². The lowest BCUT2D eigenvalue weighted by molar-refractivity contribution is -0.0153. The van der Waals surface area contributed by atoms with E-state index in [1.54, 1.807) is 4.68 Å². The Morgan fingerprint density at radius 3 is 3.16 bits per heavy atom. The maximum absolute atomic E-state index is 12.0. The standard InChI is InChI=1S/C13H22N4O2/c1-3-12-10-17(6-7-19-12)13(18)14-5-4-11-8-15-16(2)9-11/h8-9,12H,3-7,10H2,1-2H3,(H,14,18)/t12-/m0/s1. The first kappa shape index (κ1) is 13.9. The van der Waals surface area contributed by atoms with Gasteiger partial charge >= 0.3 is 6.03 Å². The molecule has 2 rings (SSSR count). The molecule has 0 aliphatic carbocycles. The minimum absolute atomic E-state index is 0.00522. The van der Waals surface area contributed by atoms with Gasteiger partial charge in [-0.1, -0.05) is 6.92 Å². The average molecular weight is 266 g/mol. The molecule has 2 heterocycles. The average Bonchev–Trinajstić information content (AvgIpc) is 2.84. The largest absolute Gasteiger partial charge is 0.375 e. The van der Waals surface area contributed by atoms with Crippen LogP contribution in [0, 0.1) is 0 Å². The predicted octanol–water partition coefficient (Wildman–Crippen LogP) is 0.783. The number of morpholine rings is 1. The first-order chi connectivity index (χ1) is 9.19. The van der Waals surface area contributed by atoms with Crippen molar-refractivity contribution in [3.8, 4) is 0 Å². The highest BCUT2D eigenvalue weighted by Gasteiger charge is 2.22. The molecule has 1 saturated heterocycles. The SMILES string of the molecule is CC[C@H]1CN(C(=O)NCCc2cnn(C)c2)CCO1. The molecule has 1 aliphatic heterocycles. The lowest BCUT2D eigenvalue weighted by atomic mass is 10.2. The summed E-state index contributed by atoms with van der Waals surface area (Å²) in [6.45, 7) is 4.71. The van der Waals surface area contributed by atoms with Crippen molar-refractivity contribution < 1.29 is 9.53 Å². The molecular weight excluding hydrogens is 244 g/mol. The van der Waals surface area contributed by atoms with Gasteiger partial charge in [-0.25, -0.2) is 4.79 Å². The highest BCUT2D eigenvalue weighted by Crippen LogP contribution is 2.08. The zero-order valence-corrected chi connectivity index (χ0v) is 11.6. The molecule has 0 saturated carbocycles. The normalized spacial score (nSPS) is 19.5. The van der Waals surface area contributed by atoms with Gasteiger partial charge in [0.25, 0.3) is 0 Å². The number of hydrogen-bond acceptors (Lipinski definition) is 3. The quantitative estimate of drug-likeness (QED) is 0.876. The van der Waals surface area contributed by atoms with Gasteiger partial charge in [0.05, 0.1) is 18.9 Å². The Kier molecular flexibility index (Phi) is 4.79. The van der Waals surface area contributed by atoms with Gasteiger partial charge in [-0.3, -0.25) is 4.68 Å². The zero-order chi connectivity index (χ0) is 13.7. The first-order valence-corrected chi connectivity index (χ1v) is 6.81. The zero-order valence-electron chi connectivity index (χ0n) is 11.6. The van der Waals surface area contributed by atoms with E-state index in [-0.39, 0.29) is 12.1 Å². The van der Waals surface area contributed by atoms with Crippen molar-refractivity contribution >= 4 is 6.03 Å². The Morgan fingerprint density at radius 2 is 2.47 bits per heavy atom. The number of nitrogens with one attached hydrogen (secondary N) is 1. The Balaban J connectivity index is 1.72. The smallest absolute Gasteiger partial charge is 0.317 e. The molecule has 0 unspecified atom stereocenters. The first-order valence-electron chi connectivity index (χ1n) is 6.81. The van der Waals surface area contributed by atoms with Crippen molar-refractivity contribution in [1.82, 2.24) is 20.0 Å². The number of carbonyl (C=O) groups excluding carboxylic acids is 1. The molecule has 1 aromatic heterocycles. The maximum atomic E-state index is 12.0. The molecule has 1 atom stereocenters. The van der Waals surface area contributed by atoms with E-state index in [9.17, 15) is 4.79 Å². The highest BCUT2D eigenvalue weighted by atomic mass is 16.5. The van der Waals surface area contributed by atoms with E-state index in [0.29, 0.717) is 26.2 Å². The fourth-order valence-corrected chi connectivity index (χ4v) is 2.18. The Labute approximate surface area is 113 Å². The number of rotatable bonds is 4. The van der Waals surface area contributed by atoms with Gasteiger partial charge in [0, 0.05) is 32.9 Å². The molecule has 0 spiro atoms. The molecule has 2 amide bonds. The molecule has 106 valence electrons. The minimum atomic E-state index is 0.00522. The number of urea groups is 1. The van der Waals surface area contributed by atoms with E-state index in [2.05, 4.69) is 17.3 Å². The van der Waals surface area contributed by atoms with E-state index < -0.39 is 0 Å². The summed E-state index contributed by atoms with van der Waals surface area (Å²) in [7, 11) is 1.89. The van der Waals surface area contributed by atoms with Crippen LogP contribution in [0.3, 0.4) is 0 Å². The van der Waals surface area contributed by atoms with Crippen molar-refractivity contribution in [3.63, 3.8) is 0 Å². The third kappa shape index (κ3) is 3.96. The Hall–Kier alpha value is -1.56. The summed E-state index contributed by atoms with van der Waals surface area (Å²) in [5.74, 6) is 0. The lowest BCUT2D eigenvalue weighted by Crippen LogP contribution is -2.49. The number of nitrogens with zero attached hydrogens (tertiary/aromatic N) is 3. The van der Waals surface area contributed by atoms with Crippen LogP contribution in [0.15, 0.2) is 12.4 Å². The molecule has 19 heavy (non-hydrogen) atoms. The molecule has 1 N–H and O–H groups in total. The van der Waals surface area contributed by atoms with E-state index >= 15 is 0 Å². The third-order valence-electron chi connectivity index (χ3n) is 3.33. The van der Waals surface area contributed by atoms with E-state index in [1.807, 2.05) is 24.3 Å². The molecular formula is C13H22N4O2. The van der Waals surface area contributed by atoms with Crippen molar-refractivity contribution in [2.45, 2.75) is 25.9 Å². The number of hydrogen-bond donors (Lipinski definition) is 1. The monoisotopic (exact) mass is 266 g/mol. The van der Waals surface area contributed by atoms with Gasteiger partial charge in [0.2, 0.25) is 0 Å². The number of aryl methyl sites for hydroxylation is 1.